The van der Waals surface area contributed by atoms with Crippen molar-refractivity contribution in [2.75, 3.05) is 37.8 Å². The highest BCUT2D eigenvalue weighted by molar-refractivity contribution is 8.13. The van der Waals surface area contributed by atoms with Crippen molar-refractivity contribution in [3.8, 4) is 0 Å². The summed E-state index contributed by atoms with van der Waals surface area (Å²) in [6.45, 7) is 2.46. The van der Waals surface area contributed by atoms with E-state index < -0.39 is 84.6 Å². The largest absolute Gasteiger partial charge is 0.481 e. The molecule has 28 heteroatoms. The molecule has 0 radical (unpaired) electrons. The number of amides is 2. The maximum Gasteiger partial charge on any atom is 0.481 e. The third-order valence-electron chi connectivity index (χ3n) is 8.39. The number of imidazole rings is 1. The molecule has 1 aliphatic heterocycles. The van der Waals surface area contributed by atoms with Gasteiger partial charge in [-0.3, -0.25) is 32.5 Å². The summed E-state index contributed by atoms with van der Waals surface area (Å²) in [6, 6.07) is 0. The van der Waals surface area contributed by atoms with E-state index in [1.165, 1.54) is 13.8 Å². The Morgan fingerprint density at radius 3 is 2.34 bits per heavy atom. The van der Waals surface area contributed by atoms with Crippen LogP contribution in [0.4, 0.5) is 5.82 Å². The number of hydrogen-bond donors (Lipinski definition) is 9. The molecular weight excluding hydrogens is 891 g/mol. The lowest BCUT2D eigenvalue weighted by Crippen LogP contribution is -2.46. The number of allylic oxidation sites excluding steroid dienone is 6. The second-order valence-corrected chi connectivity index (χ2v) is 19.2. The van der Waals surface area contributed by atoms with E-state index in [2.05, 4.69) is 40.5 Å². The number of phosphoric ester groups is 3. The van der Waals surface area contributed by atoms with Gasteiger partial charge in [-0.15, -0.1) is 0 Å². The molecule has 0 saturated carbocycles. The Labute approximate surface area is 354 Å². The molecule has 7 unspecified atom stereocenters. The Bertz CT molecular complexity index is 2030. The van der Waals surface area contributed by atoms with Crippen LogP contribution in [0.15, 0.2) is 49.1 Å². The van der Waals surface area contributed by atoms with Crippen molar-refractivity contribution >= 4 is 69.1 Å². The lowest BCUT2D eigenvalue weighted by Gasteiger charge is -2.30. The van der Waals surface area contributed by atoms with Gasteiger partial charge in [0.15, 0.2) is 22.8 Å². The number of ether oxygens (including phenoxy) is 1. The number of carbonyl (C=O) groups is 3. The van der Waals surface area contributed by atoms with Gasteiger partial charge in [-0.05, 0) is 26.2 Å². The highest BCUT2D eigenvalue weighted by atomic mass is 32.2. The first-order valence-corrected chi connectivity index (χ1v) is 24.0. The minimum atomic E-state index is -5.58. The van der Waals surface area contributed by atoms with Gasteiger partial charge in [0, 0.05) is 37.1 Å². The van der Waals surface area contributed by atoms with E-state index in [0.717, 1.165) is 41.8 Å². The number of fused-ring (bicyclic) bond motifs is 1. The maximum atomic E-state index is 12.7. The van der Waals surface area contributed by atoms with E-state index in [1.54, 1.807) is 0 Å². The molecule has 1 aliphatic rings. The van der Waals surface area contributed by atoms with Crippen LogP contribution in [0.3, 0.4) is 0 Å². The van der Waals surface area contributed by atoms with E-state index in [-0.39, 0.29) is 41.6 Å². The van der Waals surface area contributed by atoms with Gasteiger partial charge in [-0.1, -0.05) is 62.1 Å². The smallest absolute Gasteiger partial charge is 0.386 e. The highest BCUT2D eigenvalue weighted by Crippen LogP contribution is 2.61. The minimum Gasteiger partial charge on any atom is -0.386 e. The molecule has 10 N–H and O–H groups in total. The van der Waals surface area contributed by atoms with E-state index in [9.17, 15) is 57.9 Å². The molecule has 7 atom stereocenters. The van der Waals surface area contributed by atoms with Gasteiger partial charge in [0.2, 0.25) is 11.8 Å². The Morgan fingerprint density at radius 2 is 1.66 bits per heavy atom. The van der Waals surface area contributed by atoms with Crippen LogP contribution in [0, 0.1) is 5.41 Å². The van der Waals surface area contributed by atoms with Crippen molar-refractivity contribution in [2.45, 2.75) is 83.5 Å². The summed E-state index contributed by atoms with van der Waals surface area (Å²) in [5, 5.41) is 26.4. The monoisotopic (exact) mass is 943 g/mol. The number of nitrogens with one attached hydrogen (secondary N) is 2. The summed E-state index contributed by atoms with van der Waals surface area (Å²) in [5.74, 6) is -1.10. The van der Waals surface area contributed by atoms with Crippen LogP contribution in [0.25, 0.3) is 11.2 Å². The van der Waals surface area contributed by atoms with E-state index in [0.29, 0.717) is 18.6 Å². The summed E-state index contributed by atoms with van der Waals surface area (Å²) in [7, 11) is -16.4. The molecule has 3 heterocycles. The normalized spacial score (nSPS) is 21.3. The number of hydrogen-bond acceptors (Lipinski definition) is 18. The molecule has 2 aromatic heterocycles. The van der Waals surface area contributed by atoms with E-state index in [4.69, 9.17) is 19.5 Å². The molecule has 1 saturated heterocycles. The lowest BCUT2D eigenvalue weighted by molar-refractivity contribution is -0.137. The van der Waals surface area contributed by atoms with Crippen molar-refractivity contribution in [1.82, 2.24) is 30.2 Å². The summed E-state index contributed by atoms with van der Waals surface area (Å²) in [6.07, 6.45) is 7.78. The summed E-state index contributed by atoms with van der Waals surface area (Å²) >= 11 is 1.09. The van der Waals surface area contributed by atoms with Gasteiger partial charge < -0.3 is 50.9 Å². The molecule has 24 nitrogen and oxygen atoms in total. The van der Waals surface area contributed by atoms with Gasteiger partial charge in [0.05, 0.1) is 19.5 Å². The van der Waals surface area contributed by atoms with Crippen molar-refractivity contribution in [3.05, 3.63) is 49.1 Å². The summed E-state index contributed by atoms with van der Waals surface area (Å²) in [4.78, 5) is 87.9. The van der Waals surface area contributed by atoms with Gasteiger partial charge in [0.1, 0.15) is 36.3 Å². The van der Waals surface area contributed by atoms with Gasteiger partial charge >= 0.3 is 23.5 Å². The molecule has 1 fully saturated rings. The Morgan fingerprint density at radius 1 is 0.984 bits per heavy atom. The first kappa shape index (κ1) is 52.1. The second kappa shape index (κ2) is 24.0. The first-order chi connectivity index (χ1) is 28.6. The molecule has 0 bridgehead atoms. The molecule has 0 aliphatic carbocycles. The van der Waals surface area contributed by atoms with Crippen molar-refractivity contribution in [1.29, 1.82) is 0 Å². The number of nitrogens with zero attached hydrogens (tertiary/aromatic N) is 4. The number of aliphatic hydroxyl groups excluding tert-OH is 2. The number of thioether (sulfide) groups is 1. The lowest BCUT2D eigenvalue weighted by atomic mass is 9.87. The van der Waals surface area contributed by atoms with Crippen molar-refractivity contribution < 1.29 is 80.5 Å². The SMILES string of the molecule is C/C=C/C/C=C/C/C=C/CCC(=O)SCCNC(=O)CCNC(=O)C(O)C(C)(C)COP(=O)(O)OP(=O)(O)OCC1OC(n2cnc3c(N)ncnc32)C(O)C1OP(=O)(O)O. The number of nitrogen functional groups attached to an aromatic ring is 1. The average Bonchev–Trinajstić information content (AvgIpc) is 3.73. The fraction of sp³-hybridized carbons (Fsp3) is 0.576. The quantitative estimate of drug-likeness (QED) is 0.0369. The topological polar surface area (TPSA) is 364 Å². The van der Waals surface area contributed by atoms with Crippen molar-refractivity contribution in [3.63, 3.8) is 0 Å². The number of anilines is 1. The zero-order valence-electron chi connectivity index (χ0n) is 33.4. The molecule has 3 rings (SSSR count). The van der Waals surface area contributed by atoms with Crippen LogP contribution < -0.4 is 16.4 Å². The van der Waals surface area contributed by atoms with Crippen LogP contribution in [-0.4, -0.2) is 123 Å². The third-order valence-corrected chi connectivity index (χ3v) is 12.4. The average molecular weight is 944 g/mol. The zero-order chi connectivity index (χ0) is 45.4. The molecule has 61 heavy (non-hydrogen) atoms. The summed E-state index contributed by atoms with van der Waals surface area (Å²) in [5.41, 5.74) is 4.26. The first-order valence-electron chi connectivity index (χ1n) is 18.5. The molecule has 2 aromatic rings. The Balaban J connectivity index is 1.40. The summed E-state index contributed by atoms with van der Waals surface area (Å²) < 4.78 is 62.2. The van der Waals surface area contributed by atoms with Gasteiger partial charge in [-0.25, -0.2) is 28.6 Å². The predicted octanol–water partition coefficient (Wildman–Crippen LogP) is 1.91. The van der Waals surface area contributed by atoms with E-state index >= 15 is 0 Å². The minimum absolute atomic E-state index is 0.0144. The molecular formula is C33H52N7O17P3S. The van der Waals surface area contributed by atoms with Crippen LogP contribution in [0.2, 0.25) is 0 Å². The van der Waals surface area contributed by atoms with Crippen LogP contribution in [-0.2, 0) is 50.7 Å². The zero-order valence-corrected chi connectivity index (χ0v) is 36.9. The fourth-order valence-electron chi connectivity index (χ4n) is 5.27. The van der Waals surface area contributed by atoms with Crippen LogP contribution in [0.5, 0.6) is 0 Å². The number of rotatable bonds is 26. The fourth-order valence-corrected chi connectivity index (χ4v) is 8.79. The molecule has 2 amide bonds. The second-order valence-electron chi connectivity index (χ2n) is 13.8. The highest BCUT2D eigenvalue weighted by Gasteiger charge is 2.50. The third kappa shape index (κ3) is 17.8. The van der Waals surface area contributed by atoms with Gasteiger partial charge in [0.25, 0.3) is 0 Å². The Hall–Kier alpha value is -3.22. The number of aromatic nitrogens is 4. The van der Waals surface area contributed by atoms with E-state index in [1.807, 2.05) is 37.3 Å². The Kier molecular flexibility index (Phi) is 20.5. The predicted molar refractivity (Wildman–Crippen MR) is 219 cm³/mol. The standard InChI is InChI=1S/C33H52N7O17P3S/c1-4-5-6-7-8-9-10-11-12-13-24(42)61-17-16-35-23(41)14-15-36-31(45)28(44)33(2,3)19-54-60(51,52)57-59(49,50)53-18-22-27(56-58(46,47)48)26(43)32(55-22)40-21-39-25-29(34)37-20-38-30(25)40/h4-5,7-8,10-11,20-22,26-28,32,43-44H,6,9,12-19H2,1-3H3,(H,35,41)(H,36,45)(H,49,50)(H,51,52)(H2,34,37,38)(H2,46,47,48)/b5-4+,8-7+,11-10+. The molecule has 342 valence electrons. The van der Waals surface area contributed by atoms with Crippen LogP contribution in [0.1, 0.15) is 59.1 Å². The maximum absolute atomic E-state index is 12.7. The number of aliphatic hydroxyl groups is 2. The number of nitrogens with two attached hydrogens (primary N) is 1. The number of carbonyl (C=O) groups excluding carboxylic acids is 3. The van der Waals surface area contributed by atoms with Crippen LogP contribution >= 0.6 is 35.2 Å². The van der Waals surface area contributed by atoms with Crippen molar-refractivity contribution in [2.24, 2.45) is 5.41 Å². The molecule has 0 spiro atoms. The number of phosphoric acid groups is 3. The van der Waals surface area contributed by atoms with Gasteiger partial charge in [-0.2, -0.15) is 4.31 Å². The molecule has 0 aromatic carbocycles.